The molecule has 0 saturated heterocycles. The van der Waals surface area contributed by atoms with Crippen molar-refractivity contribution in [2.24, 2.45) is 0 Å². The average Bonchev–Trinajstić information content (AvgIpc) is 2.77. The fourth-order valence-corrected chi connectivity index (χ4v) is 1.39. The van der Waals surface area contributed by atoms with Crippen molar-refractivity contribution in [2.75, 3.05) is 5.73 Å². The zero-order chi connectivity index (χ0) is 9.97. The second kappa shape index (κ2) is 3.53. The van der Waals surface area contributed by atoms with E-state index in [0.29, 0.717) is 12.4 Å². The summed E-state index contributed by atoms with van der Waals surface area (Å²) in [4.78, 5) is 0. The quantitative estimate of drug-likeness (QED) is 0.789. The first-order chi connectivity index (χ1) is 6.81. The molecular formula is C9H12N4O. The molecule has 0 aliphatic carbocycles. The lowest BCUT2D eigenvalue weighted by Crippen LogP contribution is -2.05. The van der Waals surface area contributed by atoms with Gasteiger partial charge in [-0.2, -0.15) is 0 Å². The molecule has 0 bridgehead atoms. The minimum Gasteiger partial charge on any atom is -0.472 e. The van der Waals surface area contributed by atoms with Crippen LogP contribution in [-0.4, -0.2) is 15.0 Å². The van der Waals surface area contributed by atoms with Gasteiger partial charge in [0.15, 0.2) is 5.82 Å². The normalized spacial score (nSPS) is 10.6. The fraction of sp³-hybridized carbons (Fsp3) is 0.333. The number of anilines is 1. The molecule has 14 heavy (non-hydrogen) atoms. The predicted molar refractivity (Wildman–Crippen MR) is 51.6 cm³/mol. The van der Waals surface area contributed by atoms with E-state index in [9.17, 15) is 0 Å². The Labute approximate surface area is 81.5 Å². The molecule has 0 aromatic carbocycles. The summed E-state index contributed by atoms with van der Waals surface area (Å²) in [5.74, 6) is 0.510. The molecule has 0 aliphatic rings. The molecule has 0 amide bonds. The molecule has 74 valence electrons. The Hall–Kier alpha value is -1.78. The van der Waals surface area contributed by atoms with Gasteiger partial charge in [-0.05, 0) is 12.5 Å². The van der Waals surface area contributed by atoms with E-state index in [2.05, 4.69) is 10.3 Å². The number of aromatic nitrogens is 3. The molecular weight excluding hydrogens is 180 g/mol. The number of nitrogen functional groups attached to an aromatic ring is 1. The maximum Gasteiger partial charge on any atom is 0.169 e. The van der Waals surface area contributed by atoms with Gasteiger partial charge in [0.05, 0.1) is 24.8 Å². The van der Waals surface area contributed by atoms with Gasteiger partial charge in [0, 0.05) is 5.56 Å². The van der Waals surface area contributed by atoms with Crippen LogP contribution in [-0.2, 0) is 13.0 Å². The first-order valence-electron chi connectivity index (χ1n) is 4.50. The highest BCUT2D eigenvalue weighted by Crippen LogP contribution is 2.10. The van der Waals surface area contributed by atoms with Crippen LogP contribution >= 0.6 is 0 Å². The number of hydrogen-bond acceptors (Lipinski definition) is 4. The molecule has 2 heterocycles. The van der Waals surface area contributed by atoms with Crippen LogP contribution in [0.5, 0.6) is 0 Å². The number of furan rings is 1. The van der Waals surface area contributed by atoms with Crippen molar-refractivity contribution >= 4 is 5.82 Å². The van der Waals surface area contributed by atoms with Crippen molar-refractivity contribution in [1.82, 2.24) is 15.0 Å². The van der Waals surface area contributed by atoms with Crippen LogP contribution in [0.4, 0.5) is 5.82 Å². The van der Waals surface area contributed by atoms with Gasteiger partial charge in [0.25, 0.3) is 0 Å². The molecule has 0 spiro atoms. The van der Waals surface area contributed by atoms with E-state index in [1.165, 1.54) is 0 Å². The molecule has 2 aromatic heterocycles. The smallest absolute Gasteiger partial charge is 0.169 e. The van der Waals surface area contributed by atoms with Crippen molar-refractivity contribution in [3.8, 4) is 0 Å². The summed E-state index contributed by atoms with van der Waals surface area (Å²) in [5, 5.41) is 7.79. The molecule has 0 fully saturated rings. The van der Waals surface area contributed by atoms with Crippen LogP contribution in [0.2, 0.25) is 0 Å². The molecule has 2 aromatic rings. The molecule has 5 heteroatoms. The first kappa shape index (κ1) is 8.80. The third-order valence-corrected chi connectivity index (χ3v) is 2.11. The van der Waals surface area contributed by atoms with Crippen molar-refractivity contribution in [1.29, 1.82) is 0 Å². The summed E-state index contributed by atoms with van der Waals surface area (Å²) >= 11 is 0. The number of rotatable bonds is 3. The van der Waals surface area contributed by atoms with Gasteiger partial charge in [-0.1, -0.05) is 12.1 Å². The molecule has 0 atom stereocenters. The van der Waals surface area contributed by atoms with Crippen LogP contribution in [0.3, 0.4) is 0 Å². The third-order valence-electron chi connectivity index (χ3n) is 2.11. The minimum atomic E-state index is 0.510. The topological polar surface area (TPSA) is 69.9 Å². The summed E-state index contributed by atoms with van der Waals surface area (Å²) in [6.07, 6.45) is 4.16. The predicted octanol–water partition coefficient (Wildman–Crippen LogP) is 1.06. The zero-order valence-corrected chi connectivity index (χ0v) is 7.97. The van der Waals surface area contributed by atoms with Crippen molar-refractivity contribution in [3.05, 3.63) is 29.9 Å². The van der Waals surface area contributed by atoms with Gasteiger partial charge < -0.3 is 10.2 Å². The van der Waals surface area contributed by atoms with Crippen molar-refractivity contribution < 1.29 is 4.42 Å². The van der Waals surface area contributed by atoms with E-state index in [1.807, 2.05) is 13.0 Å². The van der Waals surface area contributed by atoms with Gasteiger partial charge in [-0.3, -0.25) is 0 Å². The van der Waals surface area contributed by atoms with Gasteiger partial charge in [-0.15, -0.1) is 5.10 Å². The van der Waals surface area contributed by atoms with E-state index >= 15 is 0 Å². The Morgan fingerprint density at radius 1 is 1.57 bits per heavy atom. The van der Waals surface area contributed by atoms with Crippen LogP contribution in [0.15, 0.2) is 23.0 Å². The molecule has 2 N–H and O–H groups in total. The molecule has 0 saturated carbocycles. The lowest BCUT2D eigenvalue weighted by molar-refractivity contribution is 0.556. The number of nitrogens with zero attached hydrogens (tertiary/aromatic N) is 3. The summed E-state index contributed by atoms with van der Waals surface area (Å²) in [6.45, 7) is 2.69. The van der Waals surface area contributed by atoms with E-state index in [1.54, 1.807) is 17.2 Å². The Morgan fingerprint density at radius 3 is 3.07 bits per heavy atom. The average molecular weight is 192 g/mol. The fourth-order valence-electron chi connectivity index (χ4n) is 1.39. The second-order valence-electron chi connectivity index (χ2n) is 3.06. The Balaban J connectivity index is 2.25. The van der Waals surface area contributed by atoms with E-state index in [4.69, 9.17) is 10.2 Å². The van der Waals surface area contributed by atoms with E-state index < -0.39 is 0 Å². The van der Waals surface area contributed by atoms with Crippen LogP contribution in [0.1, 0.15) is 18.2 Å². The minimum absolute atomic E-state index is 0.510. The van der Waals surface area contributed by atoms with Gasteiger partial charge in [0.2, 0.25) is 0 Å². The van der Waals surface area contributed by atoms with E-state index in [-0.39, 0.29) is 0 Å². The second-order valence-corrected chi connectivity index (χ2v) is 3.06. The molecule has 5 nitrogen and oxygen atoms in total. The summed E-state index contributed by atoms with van der Waals surface area (Å²) in [6, 6.07) is 1.90. The number of nitrogens with two attached hydrogens (primary N) is 1. The van der Waals surface area contributed by atoms with E-state index in [0.717, 1.165) is 17.7 Å². The van der Waals surface area contributed by atoms with Gasteiger partial charge in [0.1, 0.15) is 0 Å². The molecule has 2 rings (SSSR count). The van der Waals surface area contributed by atoms with Crippen LogP contribution in [0, 0.1) is 0 Å². The molecule has 0 radical (unpaired) electrons. The Morgan fingerprint density at radius 2 is 2.43 bits per heavy atom. The molecule has 0 aliphatic heterocycles. The molecule has 0 unspecified atom stereocenters. The third kappa shape index (κ3) is 1.48. The summed E-state index contributed by atoms with van der Waals surface area (Å²) < 4.78 is 6.77. The van der Waals surface area contributed by atoms with Crippen LogP contribution in [0.25, 0.3) is 0 Å². The lowest BCUT2D eigenvalue weighted by Gasteiger charge is -2.01. The van der Waals surface area contributed by atoms with Crippen molar-refractivity contribution in [2.45, 2.75) is 19.9 Å². The number of hydrogen-bond donors (Lipinski definition) is 1. The summed E-state index contributed by atoms with van der Waals surface area (Å²) in [5.41, 5.74) is 7.69. The van der Waals surface area contributed by atoms with Gasteiger partial charge in [-0.25, -0.2) is 4.68 Å². The largest absolute Gasteiger partial charge is 0.472 e. The Bertz CT molecular complexity index is 404. The zero-order valence-electron chi connectivity index (χ0n) is 7.97. The first-order valence-corrected chi connectivity index (χ1v) is 4.50. The monoisotopic (exact) mass is 192 g/mol. The van der Waals surface area contributed by atoms with Gasteiger partial charge >= 0.3 is 0 Å². The Kier molecular flexibility index (Phi) is 2.22. The highest BCUT2D eigenvalue weighted by Gasteiger charge is 2.08. The standard InChI is InChI=1S/C9H12N4O/c1-2-8-9(10)11-12-13(8)5-7-3-4-14-6-7/h3-4,6H,2,5,10H2,1H3. The van der Waals surface area contributed by atoms with Crippen LogP contribution < -0.4 is 5.73 Å². The lowest BCUT2D eigenvalue weighted by atomic mass is 10.3. The van der Waals surface area contributed by atoms with Crippen molar-refractivity contribution in [3.63, 3.8) is 0 Å². The highest BCUT2D eigenvalue weighted by atomic mass is 16.3. The SMILES string of the molecule is CCc1c(N)nnn1Cc1ccoc1. The summed E-state index contributed by atoms with van der Waals surface area (Å²) in [7, 11) is 0. The highest BCUT2D eigenvalue weighted by molar-refractivity contribution is 5.33. The maximum absolute atomic E-state index is 5.66. The maximum atomic E-state index is 5.66.